The molecule has 0 unspecified atom stereocenters. The van der Waals surface area contributed by atoms with Gasteiger partial charge < -0.3 is 14.8 Å². The minimum atomic E-state index is -0.0640. The van der Waals surface area contributed by atoms with Crippen LogP contribution in [0.25, 0.3) is 0 Å². The summed E-state index contributed by atoms with van der Waals surface area (Å²) >= 11 is 6.16. The third-order valence-electron chi connectivity index (χ3n) is 4.12. The summed E-state index contributed by atoms with van der Waals surface area (Å²) in [6.45, 7) is 1.35. The Labute approximate surface area is 146 Å². The molecule has 0 bridgehead atoms. The van der Waals surface area contributed by atoms with Gasteiger partial charge in [0.25, 0.3) is 0 Å². The zero-order valence-corrected chi connectivity index (χ0v) is 14.4. The fourth-order valence-electron chi connectivity index (χ4n) is 2.87. The first-order valence-corrected chi connectivity index (χ1v) is 8.38. The minimum absolute atomic E-state index is 0.0640. The van der Waals surface area contributed by atoms with Gasteiger partial charge in [-0.3, -0.25) is 4.79 Å². The quantitative estimate of drug-likeness (QED) is 0.874. The Hall–Kier alpha value is -2.20. The van der Waals surface area contributed by atoms with E-state index in [2.05, 4.69) is 11.4 Å². The number of amides is 1. The first-order chi connectivity index (χ1) is 11.7. The first kappa shape index (κ1) is 16.7. The number of rotatable bonds is 6. The van der Waals surface area contributed by atoms with E-state index in [1.54, 1.807) is 25.3 Å². The van der Waals surface area contributed by atoms with E-state index in [4.69, 9.17) is 21.1 Å². The zero-order valence-electron chi connectivity index (χ0n) is 13.6. The molecular weight excluding hydrogens is 326 g/mol. The Bertz CT molecular complexity index is 745. The molecule has 1 heterocycles. The van der Waals surface area contributed by atoms with Crippen molar-refractivity contribution in [1.29, 1.82) is 0 Å². The molecule has 1 amide bonds. The topological polar surface area (TPSA) is 47.6 Å². The van der Waals surface area contributed by atoms with Crippen molar-refractivity contribution in [1.82, 2.24) is 5.32 Å². The molecule has 1 N–H and O–H groups in total. The fraction of sp³-hybridized carbons (Fsp3) is 0.316. The van der Waals surface area contributed by atoms with E-state index in [9.17, 15) is 4.79 Å². The van der Waals surface area contributed by atoms with Crippen molar-refractivity contribution in [2.24, 2.45) is 0 Å². The van der Waals surface area contributed by atoms with Crippen LogP contribution in [0.3, 0.4) is 0 Å². The average Bonchev–Trinajstić information content (AvgIpc) is 3.04. The van der Waals surface area contributed by atoms with Crippen LogP contribution in [0.15, 0.2) is 36.4 Å². The van der Waals surface area contributed by atoms with E-state index in [-0.39, 0.29) is 12.3 Å². The van der Waals surface area contributed by atoms with Crippen molar-refractivity contribution in [2.75, 3.05) is 20.3 Å². The van der Waals surface area contributed by atoms with E-state index in [0.29, 0.717) is 22.9 Å². The van der Waals surface area contributed by atoms with E-state index >= 15 is 0 Å². The molecule has 0 spiro atoms. The summed E-state index contributed by atoms with van der Waals surface area (Å²) in [4.78, 5) is 12.2. The van der Waals surface area contributed by atoms with Crippen LogP contribution in [0.5, 0.6) is 11.5 Å². The number of fused-ring (bicyclic) bond motifs is 1. The van der Waals surface area contributed by atoms with Gasteiger partial charge in [0.2, 0.25) is 5.91 Å². The highest BCUT2D eigenvalue weighted by Crippen LogP contribution is 2.27. The van der Waals surface area contributed by atoms with Gasteiger partial charge in [-0.05, 0) is 35.7 Å². The Morgan fingerprint density at radius 2 is 2.21 bits per heavy atom. The van der Waals surface area contributed by atoms with Crippen molar-refractivity contribution in [3.63, 3.8) is 0 Å². The molecule has 0 saturated carbocycles. The predicted molar refractivity (Wildman–Crippen MR) is 94.1 cm³/mol. The maximum Gasteiger partial charge on any atom is 0.224 e. The van der Waals surface area contributed by atoms with Crippen LogP contribution in [0.2, 0.25) is 5.02 Å². The highest BCUT2D eigenvalue weighted by atomic mass is 35.5. The number of hydrogen-bond acceptors (Lipinski definition) is 3. The Kier molecular flexibility index (Phi) is 5.26. The summed E-state index contributed by atoms with van der Waals surface area (Å²) in [5.41, 5.74) is 3.17. The van der Waals surface area contributed by atoms with Gasteiger partial charge in [-0.25, -0.2) is 0 Å². The molecular formula is C19H20ClNO3. The maximum atomic E-state index is 12.2. The summed E-state index contributed by atoms with van der Waals surface area (Å²) in [5.74, 6) is 1.55. The van der Waals surface area contributed by atoms with Crippen LogP contribution < -0.4 is 14.8 Å². The van der Waals surface area contributed by atoms with Gasteiger partial charge in [-0.2, -0.15) is 0 Å². The van der Waals surface area contributed by atoms with Crippen LogP contribution in [-0.4, -0.2) is 26.2 Å². The third kappa shape index (κ3) is 3.82. The number of hydrogen-bond donors (Lipinski definition) is 1. The lowest BCUT2D eigenvalue weighted by Crippen LogP contribution is -2.27. The molecule has 0 saturated heterocycles. The van der Waals surface area contributed by atoms with Crippen molar-refractivity contribution in [3.05, 3.63) is 58.1 Å². The molecule has 0 radical (unpaired) electrons. The lowest BCUT2D eigenvalue weighted by Gasteiger charge is -2.11. The molecule has 4 nitrogen and oxygen atoms in total. The van der Waals surface area contributed by atoms with Crippen LogP contribution in [0, 0.1) is 0 Å². The molecule has 2 aromatic carbocycles. The number of halogens is 1. The molecule has 5 heteroatoms. The van der Waals surface area contributed by atoms with E-state index in [1.807, 2.05) is 12.1 Å². The fourth-order valence-corrected chi connectivity index (χ4v) is 3.10. The highest BCUT2D eigenvalue weighted by Gasteiger charge is 2.13. The van der Waals surface area contributed by atoms with Crippen molar-refractivity contribution in [2.45, 2.75) is 19.3 Å². The van der Waals surface area contributed by atoms with Gasteiger partial charge in [0.15, 0.2) is 0 Å². The lowest BCUT2D eigenvalue weighted by molar-refractivity contribution is -0.120. The van der Waals surface area contributed by atoms with Gasteiger partial charge >= 0.3 is 0 Å². The number of ether oxygens (including phenoxy) is 2. The third-order valence-corrected chi connectivity index (χ3v) is 4.48. The van der Waals surface area contributed by atoms with Crippen LogP contribution in [-0.2, 0) is 24.1 Å². The summed E-state index contributed by atoms with van der Waals surface area (Å²) in [6, 6.07) is 11.6. The predicted octanol–water partition coefficient (Wildman–Crippen LogP) is 3.18. The average molecular weight is 346 g/mol. The number of carbonyl (C=O) groups excluding carboxylic acids is 1. The first-order valence-electron chi connectivity index (χ1n) is 8.00. The lowest BCUT2D eigenvalue weighted by atomic mass is 10.1. The molecule has 24 heavy (non-hydrogen) atoms. The second-order valence-corrected chi connectivity index (χ2v) is 6.15. The van der Waals surface area contributed by atoms with Gasteiger partial charge in [0.1, 0.15) is 11.5 Å². The van der Waals surface area contributed by atoms with E-state index in [0.717, 1.165) is 25.2 Å². The molecule has 2 aromatic rings. The van der Waals surface area contributed by atoms with Gasteiger partial charge in [-0.1, -0.05) is 29.8 Å². The summed E-state index contributed by atoms with van der Waals surface area (Å²) in [5, 5.41) is 3.49. The Balaban J connectivity index is 1.53. The van der Waals surface area contributed by atoms with Crippen molar-refractivity contribution in [3.8, 4) is 11.5 Å². The maximum absolute atomic E-state index is 12.2. The number of nitrogens with one attached hydrogen (secondary N) is 1. The number of carbonyl (C=O) groups is 1. The second kappa shape index (κ2) is 7.58. The monoisotopic (exact) mass is 345 g/mol. The Morgan fingerprint density at radius 1 is 1.33 bits per heavy atom. The molecule has 1 aliphatic rings. The van der Waals surface area contributed by atoms with Crippen LogP contribution in [0.4, 0.5) is 0 Å². The van der Waals surface area contributed by atoms with Gasteiger partial charge in [-0.15, -0.1) is 0 Å². The normalized spacial score (nSPS) is 12.4. The molecule has 0 aromatic heterocycles. The van der Waals surface area contributed by atoms with Crippen LogP contribution in [0.1, 0.15) is 16.7 Å². The molecule has 3 rings (SSSR count). The SMILES string of the molecule is COc1cccc(Cl)c1CC(=O)NCCc1ccc2c(c1)CCO2. The van der Waals surface area contributed by atoms with E-state index < -0.39 is 0 Å². The molecule has 1 aliphatic heterocycles. The summed E-state index contributed by atoms with van der Waals surface area (Å²) in [7, 11) is 1.57. The minimum Gasteiger partial charge on any atom is -0.496 e. The van der Waals surface area contributed by atoms with Gasteiger partial charge in [0, 0.05) is 23.6 Å². The zero-order chi connectivity index (χ0) is 16.9. The van der Waals surface area contributed by atoms with Crippen molar-refractivity contribution < 1.29 is 14.3 Å². The van der Waals surface area contributed by atoms with Gasteiger partial charge in [0.05, 0.1) is 20.1 Å². The summed E-state index contributed by atoms with van der Waals surface area (Å²) < 4.78 is 10.8. The molecule has 126 valence electrons. The van der Waals surface area contributed by atoms with Crippen molar-refractivity contribution >= 4 is 17.5 Å². The Morgan fingerprint density at radius 3 is 3.04 bits per heavy atom. The molecule has 0 atom stereocenters. The number of benzene rings is 2. The second-order valence-electron chi connectivity index (χ2n) is 5.74. The number of methoxy groups -OCH3 is 1. The smallest absolute Gasteiger partial charge is 0.224 e. The molecule has 0 fully saturated rings. The standard InChI is InChI=1S/C19H20ClNO3/c1-23-18-4-2-3-16(20)15(18)12-19(22)21-9-7-13-5-6-17-14(11-13)8-10-24-17/h2-6,11H,7-10,12H2,1H3,(H,21,22). The van der Waals surface area contributed by atoms with E-state index in [1.165, 1.54) is 11.1 Å². The largest absolute Gasteiger partial charge is 0.496 e. The highest BCUT2D eigenvalue weighted by molar-refractivity contribution is 6.31. The molecule has 0 aliphatic carbocycles. The van der Waals surface area contributed by atoms with Crippen LogP contribution >= 0.6 is 11.6 Å². The summed E-state index contributed by atoms with van der Waals surface area (Å²) in [6.07, 6.45) is 1.96.